The van der Waals surface area contributed by atoms with Crippen molar-refractivity contribution in [2.45, 2.75) is 25.8 Å². The lowest BCUT2D eigenvalue weighted by Crippen LogP contribution is -2.35. The third-order valence-corrected chi connectivity index (χ3v) is 3.45. The van der Waals surface area contributed by atoms with E-state index in [0.29, 0.717) is 12.4 Å². The summed E-state index contributed by atoms with van der Waals surface area (Å²) in [6, 6.07) is 4.58. The summed E-state index contributed by atoms with van der Waals surface area (Å²) in [6.45, 7) is 2.41. The Hall–Kier alpha value is -1.82. The van der Waals surface area contributed by atoms with Crippen LogP contribution in [-0.4, -0.2) is 40.8 Å². The number of para-hydroxylation sites is 1. The first-order chi connectivity index (χ1) is 10.1. The summed E-state index contributed by atoms with van der Waals surface area (Å²) in [5, 5.41) is 11.1. The van der Waals surface area contributed by atoms with Crippen LogP contribution in [0.2, 0.25) is 0 Å². The van der Waals surface area contributed by atoms with Crippen molar-refractivity contribution in [3.8, 4) is 5.75 Å². The molecule has 21 heavy (non-hydrogen) atoms. The molecule has 1 aromatic rings. The zero-order valence-corrected chi connectivity index (χ0v) is 12.5. The van der Waals surface area contributed by atoms with Crippen LogP contribution in [-0.2, 0) is 0 Å². The number of carbonyl (C=O) groups is 1. The van der Waals surface area contributed by atoms with Crippen LogP contribution < -0.4 is 4.74 Å². The highest BCUT2D eigenvalue weighted by molar-refractivity contribution is 6.18. The lowest BCUT2D eigenvalue weighted by Gasteiger charge is -2.22. The van der Waals surface area contributed by atoms with E-state index in [-0.39, 0.29) is 35.6 Å². The van der Waals surface area contributed by atoms with Crippen LogP contribution in [0, 0.1) is 10.1 Å². The van der Waals surface area contributed by atoms with E-state index in [1.807, 2.05) is 0 Å². The minimum absolute atomic E-state index is 0.0372. The SMILES string of the molecule is CCOc1c(C(=O)N(CCCl)C2CC2)cccc1[N+](=O)[O-]. The summed E-state index contributed by atoms with van der Waals surface area (Å²) in [5.41, 5.74) is 0.0346. The van der Waals surface area contributed by atoms with Gasteiger partial charge in [0.1, 0.15) is 0 Å². The van der Waals surface area contributed by atoms with E-state index in [1.54, 1.807) is 17.9 Å². The largest absolute Gasteiger partial charge is 0.487 e. The first kappa shape index (κ1) is 15.6. The van der Waals surface area contributed by atoms with Gasteiger partial charge in [-0.05, 0) is 25.8 Å². The molecule has 0 heterocycles. The smallest absolute Gasteiger partial charge is 0.311 e. The van der Waals surface area contributed by atoms with Gasteiger partial charge in [0.2, 0.25) is 5.75 Å². The molecule has 1 aromatic carbocycles. The van der Waals surface area contributed by atoms with Gasteiger partial charge in [0, 0.05) is 24.5 Å². The average Bonchev–Trinajstić information content (AvgIpc) is 3.29. The number of benzene rings is 1. The molecule has 0 radical (unpaired) electrons. The van der Waals surface area contributed by atoms with Crippen molar-refractivity contribution >= 4 is 23.2 Å². The van der Waals surface area contributed by atoms with Gasteiger partial charge in [0.15, 0.2) is 0 Å². The third kappa shape index (κ3) is 3.44. The predicted octanol–water partition coefficient (Wildman–Crippen LogP) is 2.84. The normalized spacial score (nSPS) is 13.8. The molecule has 1 fully saturated rings. The number of ether oxygens (including phenoxy) is 1. The maximum Gasteiger partial charge on any atom is 0.311 e. The van der Waals surface area contributed by atoms with E-state index in [2.05, 4.69) is 0 Å². The molecule has 1 saturated carbocycles. The van der Waals surface area contributed by atoms with Crippen molar-refractivity contribution < 1.29 is 14.5 Å². The maximum absolute atomic E-state index is 12.7. The second-order valence-electron chi connectivity index (χ2n) is 4.76. The Morgan fingerprint density at radius 3 is 2.76 bits per heavy atom. The molecular formula is C14H17ClN2O4. The van der Waals surface area contributed by atoms with Crippen molar-refractivity contribution in [3.05, 3.63) is 33.9 Å². The Morgan fingerprint density at radius 1 is 1.52 bits per heavy atom. The fourth-order valence-electron chi connectivity index (χ4n) is 2.21. The first-order valence-corrected chi connectivity index (χ1v) is 7.40. The molecule has 0 bridgehead atoms. The zero-order valence-electron chi connectivity index (χ0n) is 11.8. The molecule has 1 aliphatic rings. The molecule has 0 saturated heterocycles. The van der Waals surface area contributed by atoms with E-state index in [1.165, 1.54) is 12.1 Å². The number of nitro benzene ring substituents is 1. The molecule has 0 atom stereocenters. The van der Waals surface area contributed by atoms with Crippen LogP contribution in [0.3, 0.4) is 0 Å². The Balaban J connectivity index is 2.39. The summed E-state index contributed by atoms with van der Waals surface area (Å²) < 4.78 is 5.36. The fourth-order valence-corrected chi connectivity index (χ4v) is 2.40. The molecule has 6 nitrogen and oxygen atoms in total. The van der Waals surface area contributed by atoms with Crippen LogP contribution in [0.15, 0.2) is 18.2 Å². The lowest BCUT2D eigenvalue weighted by atomic mass is 10.1. The van der Waals surface area contributed by atoms with Crippen LogP contribution in [0.25, 0.3) is 0 Å². The van der Waals surface area contributed by atoms with Crippen molar-refractivity contribution in [2.24, 2.45) is 0 Å². The number of amides is 1. The van der Waals surface area contributed by atoms with Gasteiger partial charge in [-0.1, -0.05) is 6.07 Å². The van der Waals surface area contributed by atoms with Gasteiger partial charge in [-0.2, -0.15) is 0 Å². The quantitative estimate of drug-likeness (QED) is 0.441. The van der Waals surface area contributed by atoms with E-state index in [0.717, 1.165) is 12.8 Å². The predicted molar refractivity (Wildman–Crippen MR) is 79.0 cm³/mol. The van der Waals surface area contributed by atoms with Gasteiger partial charge >= 0.3 is 5.69 Å². The molecule has 0 aromatic heterocycles. The van der Waals surface area contributed by atoms with Crippen LogP contribution >= 0.6 is 11.6 Å². The van der Waals surface area contributed by atoms with E-state index in [9.17, 15) is 14.9 Å². The molecule has 2 rings (SSSR count). The van der Waals surface area contributed by atoms with E-state index in [4.69, 9.17) is 16.3 Å². The highest BCUT2D eigenvalue weighted by Crippen LogP contribution is 2.34. The average molecular weight is 313 g/mol. The summed E-state index contributed by atoms with van der Waals surface area (Å²) in [5.74, 6) is 0.113. The standard InChI is InChI=1S/C14H17ClN2O4/c1-2-21-13-11(4-3-5-12(13)17(19)20)14(18)16(9-8-15)10-6-7-10/h3-5,10H,2,6-9H2,1H3. The number of nitrogens with zero attached hydrogens (tertiary/aromatic N) is 2. The van der Waals surface area contributed by atoms with Crippen molar-refractivity contribution in [3.63, 3.8) is 0 Å². The van der Waals surface area contributed by atoms with Gasteiger partial charge in [-0.25, -0.2) is 0 Å². The lowest BCUT2D eigenvalue weighted by molar-refractivity contribution is -0.385. The van der Waals surface area contributed by atoms with Crippen molar-refractivity contribution in [1.82, 2.24) is 4.90 Å². The number of halogens is 1. The molecule has 0 aliphatic heterocycles. The summed E-state index contributed by atoms with van der Waals surface area (Å²) in [4.78, 5) is 24.9. The van der Waals surface area contributed by atoms with Crippen molar-refractivity contribution in [1.29, 1.82) is 0 Å². The number of rotatable bonds is 7. The molecule has 114 valence electrons. The Bertz CT molecular complexity index is 546. The highest BCUT2D eigenvalue weighted by Gasteiger charge is 2.35. The van der Waals surface area contributed by atoms with Gasteiger partial charge < -0.3 is 9.64 Å². The molecule has 1 aliphatic carbocycles. The minimum atomic E-state index is -0.537. The van der Waals surface area contributed by atoms with E-state index >= 15 is 0 Å². The van der Waals surface area contributed by atoms with Gasteiger partial charge in [-0.3, -0.25) is 14.9 Å². The maximum atomic E-state index is 12.7. The van der Waals surface area contributed by atoms with Crippen LogP contribution in [0.1, 0.15) is 30.1 Å². The second-order valence-corrected chi connectivity index (χ2v) is 5.14. The molecular weight excluding hydrogens is 296 g/mol. The van der Waals surface area contributed by atoms with Crippen LogP contribution in [0.4, 0.5) is 5.69 Å². The van der Waals surface area contributed by atoms with Crippen molar-refractivity contribution in [2.75, 3.05) is 19.0 Å². The fraction of sp³-hybridized carbons (Fsp3) is 0.500. The summed E-state index contributed by atoms with van der Waals surface area (Å²) in [6.07, 6.45) is 1.89. The minimum Gasteiger partial charge on any atom is -0.487 e. The molecule has 7 heteroatoms. The highest BCUT2D eigenvalue weighted by atomic mass is 35.5. The number of nitro groups is 1. The topological polar surface area (TPSA) is 72.7 Å². The number of alkyl halides is 1. The number of hydrogen-bond donors (Lipinski definition) is 0. The first-order valence-electron chi connectivity index (χ1n) is 6.87. The monoisotopic (exact) mass is 312 g/mol. The molecule has 0 N–H and O–H groups in total. The number of carbonyl (C=O) groups excluding carboxylic acids is 1. The Kier molecular flexibility index (Phi) is 5.01. The zero-order chi connectivity index (χ0) is 15.4. The molecule has 0 unspecified atom stereocenters. The molecule has 1 amide bonds. The molecule has 0 spiro atoms. The Morgan fingerprint density at radius 2 is 2.24 bits per heavy atom. The van der Waals surface area contributed by atoms with Gasteiger partial charge in [0.05, 0.1) is 17.1 Å². The van der Waals surface area contributed by atoms with Crippen LogP contribution in [0.5, 0.6) is 5.75 Å². The third-order valence-electron chi connectivity index (χ3n) is 3.28. The van der Waals surface area contributed by atoms with E-state index < -0.39 is 4.92 Å². The second kappa shape index (κ2) is 6.76. The summed E-state index contributed by atoms with van der Waals surface area (Å²) in [7, 11) is 0. The Labute approximate surface area is 127 Å². The summed E-state index contributed by atoms with van der Waals surface area (Å²) >= 11 is 5.75. The van der Waals surface area contributed by atoms with Gasteiger partial charge in [0.25, 0.3) is 5.91 Å². The number of hydrogen-bond acceptors (Lipinski definition) is 4. The van der Waals surface area contributed by atoms with Gasteiger partial charge in [-0.15, -0.1) is 11.6 Å².